The van der Waals surface area contributed by atoms with Gasteiger partial charge in [0.25, 0.3) is 0 Å². The Kier molecular flexibility index (Phi) is 3.94. The minimum atomic E-state index is -0.393. The maximum Gasteiger partial charge on any atom is 0.173 e. The fraction of sp³-hybridized carbons (Fsp3) is 0.300. The molecule has 0 saturated carbocycles. The minimum Gasteiger partial charge on any atom is -0.355 e. The first-order chi connectivity index (χ1) is 13.6. The number of pyridine rings is 2. The molecule has 5 rings (SSSR count). The lowest BCUT2D eigenvalue weighted by Crippen LogP contribution is -2.29. The summed E-state index contributed by atoms with van der Waals surface area (Å²) in [6.07, 6.45) is 6.39. The number of hydrogen-bond acceptors (Lipinski definition) is 6. The summed E-state index contributed by atoms with van der Waals surface area (Å²) in [7, 11) is 1.99. The van der Waals surface area contributed by atoms with Crippen molar-refractivity contribution >= 4 is 22.5 Å². The smallest absolute Gasteiger partial charge is 0.173 e. The first kappa shape index (κ1) is 17.0. The molecule has 0 spiro atoms. The molecule has 0 unspecified atom stereocenters. The van der Waals surface area contributed by atoms with Gasteiger partial charge in [0.05, 0.1) is 17.4 Å². The van der Waals surface area contributed by atoms with Gasteiger partial charge in [-0.1, -0.05) is 0 Å². The lowest BCUT2D eigenvalue weighted by atomic mass is 10.2. The van der Waals surface area contributed by atoms with E-state index < -0.39 is 5.82 Å². The van der Waals surface area contributed by atoms with Gasteiger partial charge in [-0.3, -0.25) is 0 Å². The van der Waals surface area contributed by atoms with E-state index in [1.165, 1.54) is 6.07 Å². The molecule has 5 heterocycles. The predicted molar refractivity (Wildman–Crippen MR) is 106 cm³/mol. The van der Waals surface area contributed by atoms with Gasteiger partial charge in [-0.05, 0) is 38.6 Å². The van der Waals surface area contributed by atoms with E-state index >= 15 is 0 Å². The molecule has 0 radical (unpaired) electrons. The Balaban J connectivity index is 1.51. The molecule has 7 nitrogen and oxygen atoms in total. The van der Waals surface area contributed by atoms with E-state index in [4.69, 9.17) is 4.98 Å². The normalized spacial score (nSPS) is 17.1. The van der Waals surface area contributed by atoms with Gasteiger partial charge in [0.2, 0.25) is 0 Å². The Labute approximate surface area is 161 Å². The summed E-state index contributed by atoms with van der Waals surface area (Å²) in [4.78, 5) is 20.2. The summed E-state index contributed by atoms with van der Waals surface area (Å²) < 4.78 is 16.1. The average molecular weight is 377 g/mol. The number of aryl methyl sites for hydroxylation is 1. The third-order valence-electron chi connectivity index (χ3n) is 5.23. The lowest BCUT2D eigenvalue weighted by molar-refractivity contribution is 0.616. The van der Waals surface area contributed by atoms with Gasteiger partial charge < -0.3 is 14.6 Å². The molecule has 1 atom stereocenters. The van der Waals surface area contributed by atoms with Crippen molar-refractivity contribution in [1.82, 2.24) is 29.7 Å². The van der Waals surface area contributed by atoms with Gasteiger partial charge >= 0.3 is 0 Å². The zero-order chi connectivity index (χ0) is 19.3. The van der Waals surface area contributed by atoms with E-state index in [1.54, 1.807) is 23.0 Å². The molecule has 142 valence electrons. The molecule has 0 aliphatic carbocycles. The molecule has 0 aromatic carbocycles. The van der Waals surface area contributed by atoms with Crippen LogP contribution in [0.5, 0.6) is 0 Å². The summed E-state index contributed by atoms with van der Waals surface area (Å²) in [5.74, 6) is 1.00. The standard InChI is InChI=1S/C20H20FN7/c1-12-9-28-10-13(7-15(21)20(28)24-12)19-23-8-17-16(26-19)3-4-18(25-17)27-6-5-14(11-27)22-2/h3-4,7-10,14,22H,5-6,11H2,1-2H3/t14-/m1/s1. The van der Waals surface area contributed by atoms with Crippen LogP contribution in [0.15, 0.2) is 36.8 Å². The molecule has 28 heavy (non-hydrogen) atoms. The van der Waals surface area contributed by atoms with Crippen molar-refractivity contribution in [2.24, 2.45) is 0 Å². The molecule has 1 saturated heterocycles. The molecule has 1 fully saturated rings. The van der Waals surface area contributed by atoms with Gasteiger partial charge in [0, 0.05) is 37.1 Å². The number of halogens is 1. The molecule has 0 amide bonds. The van der Waals surface area contributed by atoms with Crippen molar-refractivity contribution in [2.75, 3.05) is 25.0 Å². The highest BCUT2D eigenvalue weighted by Gasteiger charge is 2.22. The van der Waals surface area contributed by atoms with Crippen LogP contribution in [0.1, 0.15) is 12.1 Å². The number of rotatable bonds is 3. The maximum atomic E-state index is 14.4. The highest BCUT2D eigenvalue weighted by Crippen LogP contribution is 2.24. The number of fused-ring (bicyclic) bond motifs is 2. The van der Waals surface area contributed by atoms with Crippen molar-refractivity contribution < 1.29 is 4.39 Å². The Morgan fingerprint density at radius 2 is 2.04 bits per heavy atom. The fourth-order valence-corrected chi connectivity index (χ4v) is 3.73. The second-order valence-electron chi connectivity index (χ2n) is 7.18. The Hall–Kier alpha value is -3.13. The second kappa shape index (κ2) is 6.49. The summed E-state index contributed by atoms with van der Waals surface area (Å²) in [6, 6.07) is 5.85. The van der Waals surface area contributed by atoms with Gasteiger partial charge in [-0.2, -0.15) is 0 Å². The zero-order valence-electron chi connectivity index (χ0n) is 15.7. The molecule has 8 heteroatoms. The molecule has 1 aliphatic heterocycles. The van der Waals surface area contributed by atoms with E-state index in [2.05, 4.69) is 25.2 Å². The van der Waals surface area contributed by atoms with Crippen LogP contribution < -0.4 is 10.2 Å². The highest BCUT2D eigenvalue weighted by molar-refractivity contribution is 5.77. The van der Waals surface area contributed by atoms with Crippen LogP contribution in [0.3, 0.4) is 0 Å². The third-order valence-corrected chi connectivity index (χ3v) is 5.23. The van der Waals surface area contributed by atoms with E-state index in [9.17, 15) is 4.39 Å². The third kappa shape index (κ3) is 2.86. The maximum absolute atomic E-state index is 14.4. The Morgan fingerprint density at radius 1 is 1.14 bits per heavy atom. The van der Waals surface area contributed by atoms with Crippen LogP contribution in [0.4, 0.5) is 10.2 Å². The van der Waals surface area contributed by atoms with Gasteiger partial charge in [0.1, 0.15) is 11.3 Å². The summed E-state index contributed by atoms with van der Waals surface area (Å²) in [5.41, 5.74) is 3.13. The number of nitrogens with zero attached hydrogens (tertiary/aromatic N) is 6. The highest BCUT2D eigenvalue weighted by atomic mass is 19.1. The monoisotopic (exact) mass is 377 g/mol. The van der Waals surface area contributed by atoms with E-state index in [0.717, 1.165) is 42.1 Å². The van der Waals surface area contributed by atoms with Crippen molar-refractivity contribution in [3.05, 3.63) is 48.3 Å². The number of likely N-dealkylation sites (N-methyl/N-ethyl adjacent to an activating group) is 1. The first-order valence-electron chi connectivity index (χ1n) is 9.32. The van der Waals surface area contributed by atoms with Crippen molar-refractivity contribution in [1.29, 1.82) is 0 Å². The van der Waals surface area contributed by atoms with Crippen molar-refractivity contribution in [3.63, 3.8) is 0 Å². The Bertz CT molecular complexity index is 1190. The number of nitrogens with one attached hydrogen (secondary N) is 1. The number of imidazole rings is 1. The molecule has 1 N–H and O–H groups in total. The van der Waals surface area contributed by atoms with E-state index in [0.29, 0.717) is 23.1 Å². The Morgan fingerprint density at radius 3 is 2.86 bits per heavy atom. The first-order valence-corrected chi connectivity index (χ1v) is 9.32. The SMILES string of the molecule is CN[C@@H]1CCN(c2ccc3nc(-c4cc(F)c5nc(C)cn5c4)ncc3n2)C1. The number of aromatic nitrogens is 5. The average Bonchev–Trinajstić information content (AvgIpc) is 3.33. The van der Waals surface area contributed by atoms with Crippen LogP contribution in [0.2, 0.25) is 0 Å². The van der Waals surface area contributed by atoms with Crippen LogP contribution in [-0.2, 0) is 0 Å². The molecule has 0 bridgehead atoms. The van der Waals surface area contributed by atoms with Crippen LogP contribution >= 0.6 is 0 Å². The van der Waals surface area contributed by atoms with E-state index in [-0.39, 0.29) is 0 Å². The molecular formula is C20H20FN7. The summed E-state index contributed by atoms with van der Waals surface area (Å²) in [6.45, 7) is 3.76. The summed E-state index contributed by atoms with van der Waals surface area (Å²) >= 11 is 0. The molecular weight excluding hydrogens is 357 g/mol. The van der Waals surface area contributed by atoms with Gasteiger partial charge in [-0.25, -0.2) is 24.3 Å². The molecule has 4 aromatic rings. The number of anilines is 1. The second-order valence-corrected chi connectivity index (χ2v) is 7.18. The van der Waals surface area contributed by atoms with Crippen LogP contribution in [0, 0.1) is 12.7 Å². The lowest BCUT2D eigenvalue weighted by Gasteiger charge is -2.17. The van der Waals surface area contributed by atoms with Crippen LogP contribution in [-0.4, -0.2) is 50.5 Å². The topological polar surface area (TPSA) is 71.2 Å². The quantitative estimate of drug-likeness (QED) is 0.592. The summed E-state index contributed by atoms with van der Waals surface area (Å²) in [5, 5.41) is 3.31. The minimum absolute atomic E-state index is 0.304. The fourth-order valence-electron chi connectivity index (χ4n) is 3.73. The molecule has 1 aliphatic rings. The predicted octanol–water partition coefficient (Wildman–Crippen LogP) is 2.59. The van der Waals surface area contributed by atoms with E-state index in [1.807, 2.05) is 26.1 Å². The van der Waals surface area contributed by atoms with Gasteiger partial charge in [0.15, 0.2) is 17.3 Å². The number of hydrogen-bond donors (Lipinski definition) is 1. The van der Waals surface area contributed by atoms with Crippen molar-refractivity contribution in [3.8, 4) is 11.4 Å². The molecule has 4 aromatic heterocycles. The van der Waals surface area contributed by atoms with Crippen LogP contribution in [0.25, 0.3) is 28.1 Å². The zero-order valence-corrected chi connectivity index (χ0v) is 15.7. The van der Waals surface area contributed by atoms with Gasteiger partial charge in [-0.15, -0.1) is 0 Å². The van der Waals surface area contributed by atoms with Crippen molar-refractivity contribution in [2.45, 2.75) is 19.4 Å². The largest absolute Gasteiger partial charge is 0.355 e.